The maximum absolute atomic E-state index is 11.8. The lowest BCUT2D eigenvalue weighted by Gasteiger charge is -2.17. The number of alkyl halides is 1. The molecule has 0 spiro atoms. The van der Waals surface area contributed by atoms with Gasteiger partial charge in [-0.2, -0.15) is 0 Å². The first-order chi connectivity index (χ1) is 11.4. The Bertz CT molecular complexity index is 603. The van der Waals surface area contributed by atoms with Gasteiger partial charge in [0, 0.05) is 19.0 Å². The van der Waals surface area contributed by atoms with E-state index in [1.54, 1.807) is 18.2 Å². The second kappa shape index (κ2) is 9.93. The Morgan fingerprint density at radius 3 is 2.50 bits per heavy atom. The molecule has 0 aliphatic carbocycles. The van der Waals surface area contributed by atoms with Crippen LogP contribution in [0.25, 0.3) is 0 Å². The minimum absolute atomic E-state index is 0.0326. The van der Waals surface area contributed by atoms with Gasteiger partial charge < -0.3 is 14.8 Å². The summed E-state index contributed by atoms with van der Waals surface area (Å²) in [6.07, 6.45) is 0.545. The van der Waals surface area contributed by atoms with Crippen LogP contribution < -0.4 is 10.1 Å². The molecular formula is C17H22ClNO5. The van der Waals surface area contributed by atoms with E-state index in [-0.39, 0.29) is 24.2 Å². The van der Waals surface area contributed by atoms with Crippen LogP contribution in [0.2, 0.25) is 0 Å². The number of anilines is 1. The monoisotopic (exact) mass is 355 g/mol. The standard InChI is InChI=1S/C17H22ClNO5/c1-4-5-17(22)19-13-6-7-16(15(8-13)11(2)20)23-10-14(9-18)24-12(3)21/h6-8,14H,4-5,9-10H2,1-3H3,(H,19,22). The number of carbonyl (C=O) groups is 3. The molecule has 1 aromatic carbocycles. The molecule has 1 atom stereocenters. The summed E-state index contributed by atoms with van der Waals surface area (Å²) in [5.41, 5.74) is 0.861. The second-order valence-electron chi connectivity index (χ2n) is 5.26. The summed E-state index contributed by atoms with van der Waals surface area (Å²) in [5, 5.41) is 2.73. The quantitative estimate of drug-likeness (QED) is 0.418. The number of benzene rings is 1. The number of carbonyl (C=O) groups excluding carboxylic acids is 3. The van der Waals surface area contributed by atoms with Gasteiger partial charge in [-0.1, -0.05) is 6.92 Å². The molecule has 1 aromatic rings. The van der Waals surface area contributed by atoms with Crippen LogP contribution in [0.4, 0.5) is 5.69 Å². The summed E-state index contributed by atoms with van der Waals surface area (Å²) in [4.78, 5) is 34.4. The van der Waals surface area contributed by atoms with Crippen LogP contribution in [0.1, 0.15) is 44.0 Å². The van der Waals surface area contributed by atoms with Gasteiger partial charge in [-0.3, -0.25) is 14.4 Å². The van der Waals surface area contributed by atoms with Crippen molar-refractivity contribution in [3.05, 3.63) is 23.8 Å². The molecule has 0 radical (unpaired) electrons. The first kappa shape index (κ1) is 20.0. The van der Waals surface area contributed by atoms with Gasteiger partial charge in [0.25, 0.3) is 0 Å². The normalized spacial score (nSPS) is 11.5. The molecule has 0 saturated carbocycles. The molecule has 7 heteroatoms. The van der Waals surface area contributed by atoms with Crippen molar-refractivity contribution < 1.29 is 23.9 Å². The van der Waals surface area contributed by atoms with Gasteiger partial charge in [-0.15, -0.1) is 11.6 Å². The van der Waals surface area contributed by atoms with Gasteiger partial charge in [0.05, 0.1) is 11.4 Å². The van der Waals surface area contributed by atoms with Crippen molar-refractivity contribution in [2.75, 3.05) is 17.8 Å². The lowest BCUT2D eigenvalue weighted by molar-refractivity contribution is -0.146. The summed E-state index contributed by atoms with van der Waals surface area (Å²) in [6, 6.07) is 4.81. The molecule has 0 bridgehead atoms. The second-order valence-corrected chi connectivity index (χ2v) is 5.57. The van der Waals surface area contributed by atoms with E-state index in [9.17, 15) is 14.4 Å². The van der Waals surface area contributed by atoms with E-state index in [0.717, 1.165) is 6.42 Å². The van der Waals surface area contributed by atoms with Crippen LogP contribution in [-0.4, -0.2) is 36.3 Å². The lowest BCUT2D eigenvalue weighted by Crippen LogP contribution is -2.26. The van der Waals surface area contributed by atoms with Crippen molar-refractivity contribution in [3.8, 4) is 5.75 Å². The average Bonchev–Trinajstić information content (AvgIpc) is 2.51. The highest BCUT2D eigenvalue weighted by Gasteiger charge is 2.15. The third-order valence-corrected chi connectivity index (χ3v) is 3.39. The molecule has 132 valence electrons. The number of ether oxygens (including phenoxy) is 2. The zero-order valence-corrected chi connectivity index (χ0v) is 14.8. The third-order valence-electron chi connectivity index (χ3n) is 3.05. The van der Waals surface area contributed by atoms with E-state index in [2.05, 4.69) is 5.32 Å². The van der Waals surface area contributed by atoms with E-state index in [1.807, 2.05) is 6.92 Å². The summed E-state index contributed by atoms with van der Waals surface area (Å²) in [5.74, 6) is -0.340. The highest BCUT2D eigenvalue weighted by Crippen LogP contribution is 2.24. The van der Waals surface area contributed by atoms with Crippen molar-refractivity contribution in [2.24, 2.45) is 0 Å². The van der Waals surface area contributed by atoms with Crippen molar-refractivity contribution in [1.29, 1.82) is 0 Å². The van der Waals surface area contributed by atoms with Crippen molar-refractivity contribution in [1.82, 2.24) is 0 Å². The van der Waals surface area contributed by atoms with Crippen LogP contribution in [-0.2, 0) is 14.3 Å². The van der Waals surface area contributed by atoms with Crippen LogP contribution in [0.15, 0.2) is 18.2 Å². The van der Waals surface area contributed by atoms with Crippen molar-refractivity contribution >= 4 is 34.9 Å². The molecule has 0 aliphatic heterocycles. The number of ketones is 1. The van der Waals surface area contributed by atoms with Gasteiger partial charge in [-0.25, -0.2) is 0 Å². The molecule has 0 heterocycles. The molecule has 0 saturated heterocycles. The lowest BCUT2D eigenvalue weighted by atomic mass is 10.1. The van der Waals surface area contributed by atoms with Gasteiger partial charge >= 0.3 is 5.97 Å². The van der Waals surface area contributed by atoms with Crippen LogP contribution in [0.3, 0.4) is 0 Å². The predicted octanol–water partition coefficient (Wildman–Crippen LogP) is 3.18. The summed E-state index contributed by atoms with van der Waals surface area (Å²) in [7, 11) is 0. The first-order valence-corrected chi connectivity index (χ1v) is 8.21. The van der Waals surface area contributed by atoms with Crippen molar-refractivity contribution in [2.45, 2.75) is 39.7 Å². The maximum Gasteiger partial charge on any atom is 0.303 e. The largest absolute Gasteiger partial charge is 0.489 e. The molecule has 24 heavy (non-hydrogen) atoms. The molecule has 6 nitrogen and oxygen atoms in total. The minimum atomic E-state index is -0.604. The number of Topliss-reactive ketones (excluding diaryl/α,β-unsaturated/α-hetero) is 1. The van der Waals surface area contributed by atoms with E-state index in [1.165, 1.54) is 13.8 Å². The number of hydrogen-bond acceptors (Lipinski definition) is 5. The van der Waals surface area contributed by atoms with Gasteiger partial charge in [0.1, 0.15) is 18.5 Å². The highest BCUT2D eigenvalue weighted by molar-refractivity contribution is 6.18. The molecule has 1 amide bonds. The number of amides is 1. The van der Waals surface area contributed by atoms with Crippen LogP contribution in [0, 0.1) is 0 Å². The topological polar surface area (TPSA) is 81.7 Å². The number of halogens is 1. The third kappa shape index (κ3) is 6.58. The number of nitrogens with one attached hydrogen (secondary N) is 1. The maximum atomic E-state index is 11.8. The zero-order valence-electron chi connectivity index (χ0n) is 14.1. The molecule has 1 N–H and O–H groups in total. The summed E-state index contributed by atoms with van der Waals surface area (Å²) in [6.45, 7) is 4.64. The Balaban J connectivity index is 2.85. The Kier molecular flexibility index (Phi) is 8.26. The fourth-order valence-corrected chi connectivity index (χ4v) is 2.14. The molecule has 1 unspecified atom stereocenters. The smallest absolute Gasteiger partial charge is 0.303 e. The SMILES string of the molecule is CCCC(=O)Nc1ccc(OCC(CCl)OC(C)=O)c(C(C)=O)c1. The molecule has 0 aliphatic rings. The van der Waals surface area contributed by atoms with Gasteiger partial charge in [0.15, 0.2) is 5.78 Å². The summed E-state index contributed by atoms with van der Waals surface area (Å²) >= 11 is 5.72. The number of rotatable bonds is 9. The van der Waals surface area contributed by atoms with Gasteiger partial charge in [-0.05, 0) is 31.5 Å². The molecule has 0 fully saturated rings. The number of hydrogen-bond donors (Lipinski definition) is 1. The Hall–Kier alpha value is -2.08. The summed E-state index contributed by atoms with van der Waals surface area (Å²) < 4.78 is 10.6. The first-order valence-electron chi connectivity index (χ1n) is 7.68. The highest BCUT2D eigenvalue weighted by atomic mass is 35.5. The van der Waals surface area contributed by atoms with E-state index in [0.29, 0.717) is 23.4 Å². The van der Waals surface area contributed by atoms with E-state index in [4.69, 9.17) is 21.1 Å². The number of esters is 1. The fourth-order valence-electron chi connectivity index (χ4n) is 1.99. The Labute approximate surface area is 146 Å². The van der Waals surface area contributed by atoms with E-state index >= 15 is 0 Å². The van der Waals surface area contributed by atoms with Gasteiger partial charge in [0.2, 0.25) is 5.91 Å². The van der Waals surface area contributed by atoms with Crippen LogP contribution in [0.5, 0.6) is 5.75 Å². The predicted molar refractivity (Wildman–Crippen MR) is 91.8 cm³/mol. The van der Waals surface area contributed by atoms with Crippen molar-refractivity contribution in [3.63, 3.8) is 0 Å². The van der Waals surface area contributed by atoms with E-state index < -0.39 is 12.1 Å². The molecule has 1 rings (SSSR count). The molecule has 0 aromatic heterocycles. The zero-order chi connectivity index (χ0) is 18.1. The Morgan fingerprint density at radius 2 is 1.96 bits per heavy atom. The van der Waals surface area contributed by atoms with Crippen LogP contribution >= 0.6 is 11.6 Å². The minimum Gasteiger partial charge on any atom is -0.489 e. The Morgan fingerprint density at radius 1 is 1.25 bits per heavy atom. The fraction of sp³-hybridized carbons (Fsp3) is 0.471. The average molecular weight is 356 g/mol. The molecular weight excluding hydrogens is 334 g/mol.